The lowest BCUT2D eigenvalue weighted by atomic mass is 10.2. The van der Waals surface area contributed by atoms with Crippen LogP contribution in [0.5, 0.6) is 11.5 Å². The van der Waals surface area contributed by atoms with Crippen LogP contribution in [-0.4, -0.2) is 33.7 Å². The van der Waals surface area contributed by atoms with E-state index in [0.29, 0.717) is 18.0 Å². The van der Waals surface area contributed by atoms with Gasteiger partial charge in [0.1, 0.15) is 11.2 Å². The number of hydrogen-bond acceptors (Lipinski definition) is 7. The number of nitrogens with zero attached hydrogens (tertiary/aromatic N) is 4. The molecular formula is C15H14N4O4S. The third-order valence-corrected chi connectivity index (χ3v) is 4.26. The number of rotatable bonds is 6. The second-order valence-corrected chi connectivity index (χ2v) is 5.70. The Bertz CT molecular complexity index is 874. The minimum Gasteiger partial charge on any atom is -0.493 e. The number of nitro groups is 1. The third kappa shape index (κ3) is 3.06. The van der Waals surface area contributed by atoms with E-state index in [1.807, 2.05) is 23.6 Å². The van der Waals surface area contributed by atoms with E-state index >= 15 is 0 Å². The van der Waals surface area contributed by atoms with Gasteiger partial charge in [-0.3, -0.25) is 0 Å². The number of para-hydroxylation sites is 1. The van der Waals surface area contributed by atoms with Crippen molar-refractivity contribution in [3.63, 3.8) is 0 Å². The van der Waals surface area contributed by atoms with E-state index in [-0.39, 0.29) is 5.82 Å². The van der Waals surface area contributed by atoms with Gasteiger partial charge in [0, 0.05) is 5.38 Å². The molecule has 8 nitrogen and oxygen atoms in total. The van der Waals surface area contributed by atoms with E-state index in [0.717, 1.165) is 16.3 Å². The highest BCUT2D eigenvalue weighted by molar-refractivity contribution is 7.13. The fraction of sp³-hybridized carbons (Fsp3) is 0.200. The number of benzene rings is 1. The molecule has 0 radical (unpaired) electrons. The largest absolute Gasteiger partial charge is 0.493 e. The zero-order valence-corrected chi connectivity index (χ0v) is 13.8. The number of ether oxygens (including phenoxy) is 2. The Kier molecular flexibility index (Phi) is 4.43. The molecule has 0 fully saturated rings. The summed E-state index contributed by atoms with van der Waals surface area (Å²) < 4.78 is 12.4. The van der Waals surface area contributed by atoms with Crippen molar-refractivity contribution < 1.29 is 14.4 Å². The lowest BCUT2D eigenvalue weighted by molar-refractivity contribution is -0.389. The Morgan fingerprint density at radius 1 is 1.33 bits per heavy atom. The van der Waals surface area contributed by atoms with E-state index in [2.05, 4.69) is 9.97 Å². The van der Waals surface area contributed by atoms with Crippen LogP contribution in [0.15, 0.2) is 36.1 Å². The standard InChI is InChI=1S/C15H14N4O4S/c1-22-12-5-3-4-11(14(12)23-2)15-17-10(8-24-15)6-18-7-13(16-9-18)19(20)21/h3-5,7-9H,6H2,1-2H3. The minimum atomic E-state index is -0.524. The fourth-order valence-corrected chi connectivity index (χ4v) is 3.11. The molecule has 0 spiro atoms. The number of aromatic nitrogens is 3. The van der Waals surface area contributed by atoms with Crippen molar-refractivity contribution in [1.82, 2.24) is 14.5 Å². The van der Waals surface area contributed by atoms with Crippen LogP contribution in [-0.2, 0) is 6.54 Å². The summed E-state index contributed by atoms with van der Waals surface area (Å²) in [4.78, 5) is 18.5. The summed E-state index contributed by atoms with van der Waals surface area (Å²) in [5.74, 6) is 1.08. The molecule has 9 heteroatoms. The van der Waals surface area contributed by atoms with Gasteiger partial charge in [0.2, 0.25) is 6.33 Å². The first-order valence-corrected chi connectivity index (χ1v) is 7.82. The molecule has 0 aliphatic carbocycles. The Balaban J connectivity index is 1.87. The fourth-order valence-electron chi connectivity index (χ4n) is 2.27. The molecule has 2 aromatic heterocycles. The zero-order valence-electron chi connectivity index (χ0n) is 13.0. The lowest BCUT2D eigenvalue weighted by Gasteiger charge is -2.10. The van der Waals surface area contributed by atoms with Crippen LogP contribution in [0.3, 0.4) is 0 Å². The first kappa shape index (κ1) is 15.9. The van der Waals surface area contributed by atoms with Crippen LogP contribution >= 0.6 is 11.3 Å². The molecule has 0 unspecified atom stereocenters. The number of imidazole rings is 1. The van der Waals surface area contributed by atoms with Gasteiger partial charge in [-0.25, -0.2) is 4.98 Å². The van der Waals surface area contributed by atoms with Gasteiger partial charge in [0.25, 0.3) is 0 Å². The Hall–Kier alpha value is -2.94. The van der Waals surface area contributed by atoms with Crippen LogP contribution in [0.2, 0.25) is 0 Å². The second kappa shape index (κ2) is 6.67. The Labute approximate surface area is 141 Å². The molecule has 0 saturated heterocycles. The summed E-state index contributed by atoms with van der Waals surface area (Å²) in [6.07, 6.45) is 2.80. The van der Waals surface area contributed by atoms with Gasteiger partial charge in [0.05, 0.1) is 32.0 Å². The van der Waals surface area contributed by atoms with Crippen molar-refractivity contribution in [2.24, 2.45) is 0 Å². The van der Waals surface area contributed by atoms with Gasteiger partial charge in [-0.05, 0) is 22.0 Å². The summed E-state index contributed by atoms with van der Waals surface area (Å²) in [6.45, 7) is 0.406. The molecular weight excluding hydrogens is 332 g/mol. The van der Waals surface area contributed by atoms with Crippen molar-refractivity contribution in [2.75, 3.05) is 14.2 Å². The van der Waals surface area contributed by atoms with Crippen molar-refractivity contribution in [3.8, 4) is 22.1 Å². The first-order valence-electron chi connectivity index (χ1n) is 6.94. The molecule has 0 N–H and O–H groups in total. The number of hydrogen-bond donors (Lipinski definition) is 0. The van der Waals surface area contributed by atoms with Crippen LogP contribution in [0.4, 0.5) is 5.82 Å². The molecule has 2 heterocycles. The smallest absolute Gasteiger partial charge is 0.381 e. The molecule has 0 aliphatic heterocycles. The Morgan fingerprint density at radius 3 is 2.83 bits per heavy atom. The molecule has 0 saturated carbocycles. The molecule has 24 heavy (non-hydrogen) atoms. The molecule has 3 aromatic rings. The molecule has 0 atom stereocenters. The molecule has 0 bridgehead atoms. The maximum absolute atomic E-state index is 10.7. The SMILES string of the molecule is COc1cccc(-c2nc(Cn3cnc([N+](=O)[O-])c3)cs2)c1OC. The summed E-state index contributed by atoms with van der Waals surface area (Å²) >= 11 is 1.47. The molecule has 3 rings (SSSR count). The summed E-state index contributed by atoms with van der Waals surface area (Å²) in [5, 5.41) is 13.4. The third-order valence-electron chi connectivity index (χ3n) is 3.34. The molecule has 1 aromatic carbocycles. The normalized spacial score (nSPS) is 10.6. The summed E-state index contributed by atoms with van der Waals surface area (Å²) in [6, 6.07) is 5.60. The number of thiazole rings is 1. The van der Waals surface area contributed by atoms with Gasteiger partial charge >= 0.3 is 5.82 Å². The maximum Gasteiger partial charge on any atom is 0.381 e. The minimum absolute atomic E-state index is 0.181. The van der Waals surface area contributed by atoms with E-state index < -0.39 is 4.92 Å². The number of methoxy groups -OCH3 is 2. The molecule has 0 aliphatic rings. The quantitative estimate of drug-likeness (QED) is 0.503. The van der Waals surface area contributed by atoms with Gasteiger partial charge in [-0.15, -0.1) is 11.3 Å². The Morgan fingerprint density at radius 2 is 2.17 bits per heavy atom. The lowest BCUT2D eigenvalue weighted by Crippen LogP contribution is -1.97. The van der Waals surface area contributed by atoms with Gasteiger partial charge in [-0.2, -0.15) is 0 Å². The maximum atomic E-state index is 10.7. The molecule has 124 valence electrons. The van der Waals surface area contributed by atoms with Crippen molar-refractivity contribution >= 4 is 17.2 Å². The average molecular weight is 346 g/mol. The predicted molar refractivity (Wildman–Crippen MR) is 88.6 cm³/mol. The topological polar surface area (TPSA) is 92.3 Å². The second-order valence-electron chi connectivity index (χ2n) is 4.85. The van der Waals surface area contributed by atoms with Gasteiger partial charge < -0.3 is 24.2 Å². The van der Waals surface area contributed by atoms with E-state index in [9.17, 15) is 10.1 Å². The monoisotopic (exact) mass is 346 g/mol. The van der Waals surface area contributed by atoms with Crippen molar-refractivity contribution in [1.29, 1.82) is 0 Å². The highest BCUT2D eigenvalue weighted by atomic mass is 32.1. The van der Waals surface area contributed by atoms with Crippen LogP contribution in [0.25, 0.3) is 10.6 Å². The van der Waals surface area contributed by atoms with Crippen molar-refractivity contribution in [2.45, 2.75) is 6.54 Å². The van der Waals surface area contributed by atoms with Crippen LogP contribution < -0.4 is 9.47 Å². The highest BCUT2D eigenvalue weighted by Gasteiger charge is 2.15. The van der Waals surface area contributed by atoms with Gasteiger partial charge in [0.15, 0.2) is 11.5 Å². The predicted octanol–water partition coefficient (Wildman–Crippen LogP) is 2.98. The summed E-state index contributed by atoms with van der Waals surface area (Å²) in [7, 11) is 3.17. The summed E-state index contributed by atoms with van der Waals surface area (Å²) in [5.41, 5.74) is 1.62. The zero-order chi connectivity index (χ0) is 17.1. The first-order chi connectivity index (χ1) is 11.6. The van der Waals surface area contributed by atoms with Crippen LogP contribution in [0, 0.1) is 10.1 Å². The highest BCUT2D eigenvalue weighted by Crippen LogP contribution is 2.39. The average Bonchev–Trinajstić information content (AvgIpc) is 3.24. The van der Waals surface area contributed by atoms with Gasteiger partial charge in [-0.1, -0.05) is 6.07 Å². The molecule has 0 amide bonds. The van der Waals surface area contributed by atoms with Crippen LogP contribution in [0.1, 0.15) is 5.69 Å². The van der Waals surface area contributed by atoms with E-state index in [1.165, 1.54) is 23.9 Å². The van der Waals surface area contributed by atoms with E-state index in [1.54, 1.807) is 18.8 Å². The van der Waals surface area contributed by atoms with Crippen molar-refractivity contribution in [3.05, 3.63) is 51.9 Å². The van der Waals surface area contributed by atoms with E-state index in [4.69, 9.17) is 9.47 Å².